The molecule has 0 aromatic rings. The van der Waals surface area contributed by atoms with E-state index in [-0.39, 0.29) is 6.10 Å². The lowest BCUT2D eigenvalue weighted by molar-refractivity contribution is 0.0443. The van der Waals surface area contributed by atoms with Gasteiger partial charge in [0.15, 0.2) is 0 Å². The molecule has 4 aliphatic carbocycles. The molecule has 0 unspecified atom stereocenters. The summed E-state index contributed by atoms with van der Waals surface area (Å²) in [5.74, 6) is 4.17. The zero-order valence-electron chi connectivity index (χ0n) is 19.7. The highest BCUT2D eigenvalue weighted by Crippen LogP contribution is 2.64. The van der Waals surface area contributed by atoms with E-state index in [2.05, 4.69) is 65.8 Å². The second kappa shape index (κ2) is 7.70. The number of hydrogen-bond donors (Lipinski definition) is 1. The van der Waals surface area contributed by atoms with Crippen molar-refractivity contribution in [1.29, 1.82) is 0 Å². The molecule has 1 heteroatoms. The van der Waals surface area contributed by atoms with Gasteiger partial charge in [0, 0.05) is 0 Å². The van der Waals surface area contributed by atoms with Crippen molar-refractivity contribution in [3.05, 3.63) is 35.5 Å². The SMILES string of the molecule is CC(C)[C@@H](C)/C=C/[C@H](C)[C@@H]1CC[C@@H]2C3=C(CC[C@@]21C)[C@@]1(C)CC[C@@H](O)C[C@H]1C=C3. The predicted molar refractivity (Wildman–Crippen MR) is 123 cm³/mol. The summed E-state index contributed by atoms with van der Waals surface area (Å²) < 4.78 is 0. The van der Waals surface area contributed by atoms with Gasteiger partial charge < -0.3 is 5.11 Å². The molecule has 4 rings (SSSR count). The quantitative estimate of drug-likeness (QED) is 0.493. The van der Waals surface area contributed by atoms with Crippen LogP contribution in [0.4, 0.5) is 0 Å². The predicted octanol–water partition coefficient (Wildman–Crippen LogP) is 7.33. The third kappa shape index (κ3) is 3.50. The minimum absolute atomic E-state index is 0.0922. The minimum Gasteiger partial charge on any atom is -0.393 e. The molecule has 0 aliphatic heterocycles. The van der Waals surface area contributed by atoms with Crippen molar-refractivity contribution in [1.82, 2.24) is 0 Å². The molecule has 8 atom stereocenters. The average molecular weight is 397 g/mol. The smallest absolute Gasteiger partial charge is 0.0546 e. The van der Waals surface area contributed by atoms with Gasteiger partial charge in [-0.25, -0.2) is 0 Å². The molecular weight excluding hydrogens is 352 g/mol. The normalized spacial score (nSPS) is 44.0. The number of fused-ring (bicyclic) bond motifs is 4. The molecule has 0 spiro atoms. The molecule has 0 radical (unpaired) electrons. The van der Waals surface area contributed by atoms with E-state index in [1.54, 1.807) is 11.1 Å². The molecule has 162 valence electrons. The van der Waals surface area contributed by atoms with Gasteiger partial charge in [-0.05, 0) is 96.9 Å². The number of allylic oxidation sites excluding steroid dienone is 6. The standard InChI is InChI=1S/C28H44O/c1-18(2)19(3)7-8-20(4)24-11-12-25-23-10-9-21-17-22(29)13-15-27(21,5)26(23)14-16-28(24,25)6/h7-10,18-22,24-25,29H,11-17H2,1-6H3/b8-7+/t19-,20-,21+,22+,24-,25+,27-,28+/m0/s1. The third-order valence-corrected chi connectivity index (χ3v) is 9.99. The lowest BCUT2D eigenvalue weighted by Gasteiger charge is -2.53. The Morgan fingerprint density at radius 1 is 1.03 bits per heavy atom. The van der Waals surface area contributed by atoms with E-state index in [1.807, 2.05) is 0 Å². The van der Waals surface area contributed by atoms with Crippen LogP contribution in [-0.2, 0) is 0 Å². The van der Waals surface area contributed by atoms with E-state index in [4.69, 9.17) is 0 Å². The van der Waals surface area contributed by atoms with Crippen LogP contribution in [0.2, 0.25) is 0 Å². The zero-order chi connectivity index (χ0) is 21.0. The topological polar surface area (TPSA) is 20.2 Å². The van der Waals surface area contributed by atoms with Gasteiger partial charge >= 0.3 is 0 Å². The summed E-state index contributed by atoms with van der Waals surface area (Å²) in [6.45, 7) is 14.6. The lowest BCUT2D eigenvalue weighted by atomic mass is 9.52. The van der Waals surface area contributed by atoms with Crippen LogP contribution < -0.4 is 0 Å². The molecule has 0 heterocycles. The Labute approximate surface area is 179 Å². The van der Waals surface area contributed by atoms with Crippen LogP contribution in [0.15, 0.2) is 35.5 Å². The fourth-order valence-corrected chi connectivity index (χ4v) is 7.49. The first-order valence-corrected chi connectivity index (χ1v) is 12.4. The van der Waals surface area contributed by atoms with Crippen molar-refractivity contribution in [2.75, 3.05) is 0 Å². The summed E-state index contributed by atoms with van der Waals surface area (Å²) in [5, 5.41) is 10.2. The Kier molecular flexibility index (Phi) is 5.69. The van der Waals surface area contributed by atoms with Crippen LogP contribution in [0.25, 0.3) is 0 Å². The van der Waals surface area contributed by atoms with Gasteiger partial charge in [0.2, 0.25) is 0 Å². The van der Waals surface area contributed by atoms with E-state index in [0.717, 1.165) is 30.6 Å². The van der Waals surface area contributed by atoms with E-state index < -0.39 is 0 Å². The molecule has 0 bridgehead atoms. The first-order chi connectivity index (χ1) is 13.7. The molecule has 1 N–H and O–H groups in total. The van der Waals surface area contributed by atoms with E-state index in [0.29, 0.717) is 28.6 Å². The maximum absolute atomic E-state index is 10.2. The molecule has 0 aromatic heterocycles. The monoisotopic (exact) mass is 396 g/mol. The summed E-state index contributed by atoms with van der Waals surface area (Å²) in [6, 6.07) is 0. The second-order valence-corrected chi connectivity index (χ2v) is 11.8. The number of aliphatic hydroxyl groups excluding tert-OH is 1. The average Bonchev–Trinajstić information content (AvgIpc) is 3.03. The Bertz CT molecular complexity index is 712. The lowest BCUT2D eigenvalue weighted by Crippen LogP contribution is -2.44. The van der Waals surface area contributed by atoms with Gasteiger partial charge in [0.05, 0.1) is 6.10 Å². The summed E-state index contributed by atoms with van der Waals surface area (Å²) in [5.41, 5.74) is 4.24. The summed E-state index contributed by atoms with van der Waals surface area (Å²) >= 11 is 0. The van der Waals surface area contributed by atoms with Gasteiger partial charge in [-0.3, -0.25) is 0 Å². The molecule has 0 amide bonds. The summed E-state index contributed by atoms with van der Waals surface area (Å²) in [4.78, 5) is 0. The molecule has 0 saturated heterocycles. The molecular formula is C28H44O. The minimum atomic E-state index is -0.0922. The van der Waals surface area contributed by atoms with E-state index in [9.17, 15) is 5.11 Å². The highest BCUT2D eigenvalue weighted by molar-refractivity contribution is 5.42. The molecule has 29 heavy (non-hydrogen) atoms. The molecule has 4 aliphatic rings. The van der Waals surface area contributed by atoms with Crippen LogP contribution in [-0.4, -0.2) is 11.2 Å². The zero-order valence-corrected chi connectivity index (χ0v) is 19.7. The molecule has 2 saturated carbocycles. The van der Waals surface area contributed by atoms with Crippen molar-refractivity contribution < 1.29 is 5.11 Å². The number of rotatable bonds is 4. The van der Waals surface area contributed by atoms with Crippen LogP contribution in [0, 0.1) is 46.3 Å². The van der Waals surface area contributed by atoms with E-state index in [1.165, 1.54) is 32.1 Å². The van der Waals surface area contributed by atoms with Gasteiger partial charge in [-0.2, -0.15) is 0 Å². The molecule has 0 aromatic carbocycles. The largest absolute Gasteiger partial charge is 0.393 e. The van der Waals surface area contributed by atoms with Crippen molar-refractivity contribution >= 4 is 0 Å². The Hall–Kier alpha value is -0.820. The fraction of sp³-hybridized carbons (Fsp3) is 0.786. The highest BCUT2D eigenvalue weighted by Gasteiger charge is 2.54. The Morgan fingerprint density at radius 2 is 1.79 bits per heavy atom. The van der Waals surface area contributed by atoms with Gasteiger partial charge in [0.25, 0.3) is 0 Å². The third-order valence-electron chi connectivity index (χ3n) is 9.99. The summed E-state index contributed by atoms with van der Waals surface area (Å²) in [7, 11) is 0. The van der Waals surface area contributed by atoms with E-state index >= 15 is 0 Å². The maximum atomic E-state index is 10.2. The fourth-order valence-electron chi connectivity index (χ4n) is 7.49. The van der Waals surface area contributed by atoms with Crippen LogP contribution in [0.3, 0.4) is 0 Å². The van der Waals surface area contributed by atoms with Crippen LogP contribution in [0.5, 0.6) is 0 Å². The van der Waals surface area contributed by atoms with Gasteiger partial charge in [0.1, 0.15) is 0 Å². The van der Waals surface area contributed by atoms with Crippen LogP contribution >= 0.6 is 0 Å². The maximum Gasteiger partial charge on any atom is 0.0546 e. The molecule has 2 fully saturated rings. The highest BCUT2D eigenvalue weighted by atomic mass is 16.3. The Balaban J connectivity index is 1.57. The second-order valence-electron chi connectivity index (χ2n) is 11.8. The summed E-state index contributed by atoms with van der Waals surface area (Å²) in [6.07, 6.45) is 18.4. The van der Waals surface area contributed by atoms with Crippen molar-refractivity contribution in [2.24, 2.45) is 46.3 Å². The van der Waals surface area contributed by atoms with Gasteiger partial charge in [-0.15, -0.1) is 0 Å². The Morgan fingerprint density at radius 3 is 2.52 bits per heavy atom. The molecule has 1 nitrogen and oxygen atoms in total. The number of hydrogen-bond acceptors (Lipinski definition) is 1. The first kappa shape index (κ1) is 21.4. The van der Waals surface area contributed by atoms with Crippen LogP contribution in [0.1, 0.15) is 86.5 Å². The number of aliphatic hydroxyl groups is 1. The van der Waals surface area contributed by atoms with Crippen molar-refractivity contribution in [2.45, 2.75) is 92.6 Å². The first-order valence-electron chi connectivity index (χ1n) is 12.4. The van der Waals surface area contributed by atoms with Crippen molar-refractivity contribution in [3.8, 4) is 0 Å². The van der Waals surface area contributed by atoms with Crippen molar-refractivity contribution in [3.63, 3.8) is 0 Å². The van der Waals surface area contributed by atoms with Gasteiger partial charge in [-0.1, -0.05) is 71.4 Å².